The van der Waals surface area contributed by atoms with Crippen molar-refractivity contribution in [1.82, 2.24) is 0 Å². The summed E-state index contributed by atoms with van der Waals surface area (Å²) >= 11 is 0. The molecule has 1 unspecified atom stereocenters. The van der Waals surface area contributed by atoms with E-state index in [1.165, 1.54) is 14.2 Å². The van der Waals surface area contributed by atoms with Crippen molar-refractivity contribution in [1.29, 1.82) is 0 Å². The van der Waals surface area contributed by atoms with Crippen LogP contribution in [-0.2, 0) is 4.79 Å². The highest BCUT2D eigenvalue weighted by Crippen LogP contribution is 2.28. The number of amidine groups is 1. The second-order valence-corrected chi connectivity index (χ2v) is 5.12. The number of benzene rings is 2. The van der Waals surface area contributed by atoms with E-state index in [0.29, 0.717) is 28.3 Å². The van der Waals surface area contributed by atoms with Gasteiger partial charge in [-0.3, -0.25) is 0 Å². The third-order valence-electron chi connectivity index (χ3n) is 3.55. The number of hydrogen-bond donors (Lipinski definition) is 4. The molecule has 0 saturated heterocycles. The van der Waals surface area contributed by atoms with Gasteiger partial charge in [-0.2, -0.15) is 0 Å². The van der Waals surface area contributed by atoms with Crippen LogP contribution in [0, 0.1) is 0 Å². The molecule has 0 amide bonds. The highest BCUT2D eigenvalue weighted by atomic mass is 16.5. The van der Waals surface area contributed by atoms with Crippen LogP contribution in [0.1, 0.15) is 17.2 Å². The zero-order chi connectivity index (χ0) is 18.4. The Bertz CT molecular complexity index is 752. The van der Waals surface area contributed by atoms with Crippen molar-refractivity contribution in [3.05, 3.63) is 53.6 Å². The number of oxime groups is 1. The zero-order valence-corrected chi connectivity index (χ0v) is 13.8. The Balaban J connectivity index is 2.31. The van der Waals surface area contributed by atoms with Gasteiger partial charge in [-0.05, 0) is 42.0 Å². The van der Waals surface area contributed by atoms with Gasteiger partial charge in [0.15, 0.2) is 11.9 Å². The van der Waals surface area contributed by atoms with Gasteiger partial charge in [-0.1, -0.05) is 5.16 Å². The molecule has 25 heavy (non-hydrogen) atoms. The molecule has 0 saturated carbocycles. The highest BCUT2D eigenvalue weighted by molar-refractivity contribution is 5.97. The van der Waals surface area contributed by atoms with Gasteiger partial charge in [-0.25, -0.2) is 4.79 Å². The number of aliphatic carboxylic acids is 1. The fourth-order valence-electron chi connectivity index (χ4n) is 2.25. The molecule has 0 radical (unpaired) electrons. The monoisotopic (exact) mass is 345 g/mol. The van der Waals surface area contributed by atoms with Crippen molar-refractivity contribution in [2.24, 2.45) is 10.9 Å². The molecule has 0 aliphatic rings. The lowest BCUT2D eigenvalue weighted by Gasteiger charge is -2.18. The van der Waals surface area contributed by atoms with Gasteiger partial charge in [0.1, 0.15) is 11.5 Å². The number of nitrogens with zero attached hydrogens (tertiary/aromatic N) is 1. The Kier molecular flexibility index (Phi) is 5.67. The molecule has 2 rings (SSSR count). The van der Waals surface area contributed by atoms with Crippen LogP contribution in [0.5, 0.6) is 11.5 Å². The average Bonchev–Trinajstić information content (AvgIpc) is 2.65. The Morgan fingerprint density at radius 2 is 1.68 bits per heavy atom. The Hall–Kier alpha value is -3.42. The van der Waals surface area contributed by atoms with E-state index in [4.69, 9.17) is 20.4 Å². The van der Waals surface area contributed by atoms with Crippen molar-refractivity contribution >= 4 is 17.5 Å². The number of anilines is 1. The van der Waals surface area contributed by atoms with Gasteiger partial charge in [0.25, 0.3) is 0 Å². The maximum atomic E-state index is 11.7. The fraction of sp³-hybridized carbons (Fsp3) is 0.176. The van der Waals surface area contributed by atoms with E-state index in [1.807, 2.05) is 0 Å². The quantitative estimate of drug-likeness (QED) is 0.262. The number of ether oxygens (including phenoxy) is 2. The molecular weight excluding hydrogens is 326 g/mol. The molecule has 5 N–H and O–H groups in total. The van der Waals surface area contributed by atoms with E-state index in [0.717, 1.165) is 0 Å². The molecule has 8 heteroatoms. The van der Waals surface area contributed by atoms with Gasteiger partial charge in [0.2, 0.25) is 0 Å². The van der Waals surface area contributed by atoms with E-state index in [9.17, 15) is 9.90 Å². The summed E-state index contributed by atoms with van der Waals surface area (Å²) in [5, 5.41) is 24.1. The maximum Gasteiger partial charge on any atom is 0.330 e. The van der Waals surface area contributed by atoms with Crippen LogP contribution in [0.2, 0.25) is 0 Å². The lowest BCUT2D eigenvalue weighted by molar-refractivity contribution is -0.138. The van der Waals surface area contributed by atoms with Crippen LogP contribution >= 0.6 is 0 Å². The SMILES string of the molecule is COc1cc(OC)cc(C(Nc2ccc(/C(N)=N/O)cc2)C(=O)O)c1. The van der Waals surface area contributed by atoms with E-state index in [2.05, 4.69) is 10.5 Å². The molecule has 0 aromatic heterocycles. The lowest BCUT2D eigenvalue weighted by atomic mass is 10.1. The normalized spacial score (nSPS) is 12.3. The second kappa shape index (κ2) is 7.91. The first kappa shape index (κ1) is 17.9. The van der Waals surface area contributed by atoms with E-state index >= 15 is 0 Å². The summed E-state index contributed by atoms with van der Waals surface area (Å²) < 4.78 is 10.4. The average molecular weight is 345 g/mol. The first-order valence-corrected chi connectivity index (χ1v) is 7.28. The highest BCUT2D eigenvalue weighted by Gasteiger charge is 2.21. The molecule has 0 heterocycles. The zero-order valence-electron chi connectivity index (χ0n) is 13.8. The number of methoxy groups -OCH3 is 2. The van der Waals surface area contributed by atoms with Crippen molar-refractivity contribution in [3.8, 4) is 11.5 Å². The number of carboxylic acids is 1. The lowest BCUT2D eigenvalue weighted by Crippen LogP contribution is -2.21. The summed E-state index contributed by atoms with van der Waals surface area (Å²) in [5.41, 5.74) is 7.06. The maximum absolute atomic E-state index is 11.7. The number of rotatable bonds is 7. The van der Waals surface area contributed by atoms with Crippen LogP contribution in [0.25, 0.3) is 0 Å². The van der Waals surface area contributed by atoms with Crippen LogP contribution in [-0.4, -0.2) is 36.3 Å². The second-order valence-electron chi connectivity index (χ2n) is 5.12. The van der Waals surface area contributed by atoms with Crippen molar-refractivity contribution in [2.75, 3.05) is 19.5 Å². The topological polar surface area (TPSA) is 126 Å². The van der Waals surface area contributed by atoms with Crippen molar-refractivity contribution in [3.63, 3.8) is 0 Å². The number of carbonyl (C=O) groups is 1. The third-order valence-corrected chi connectivity index (χ3v) is 3.55. The smallest absolute Gasteiger partial charge is 0.330 e. The van der Waals surface area contributed by atoms with E-state index in [-0.39, 0.29) is 5.84 Å². The molecule has 0 aliphatic heterocycles. The van der Waals surface area contributed by atoms with Crippen LogP contribution < -0.4 is 20.5 Å². The summed E-state index contributed by atoms with van der Waals surface area (Å²) in [5.74, 6) is -0.107. The third kappa shape index (κ3) is 4.31. The Morgan fingerprint density at radius 3 is 2.12 bits per heavy atom. The number of nitrogens with two attached hydrogens (primary N) is 1. The summed E-state index contributed by atoms with van der Waals surface area (Å²) in [6.07, 6.45) is 0. The molecule has 0 fully saturated rings. The van der Waals surface area contributed by atoms with Crippen molar-refractivity contribution in [2.45, 2.75) is 6.04 Å². The van der Waals surface area contributed by atoms with Crippen LogP contribution in [0.15, 0.2) is 47.6 Å². The Labute approximate surface area is 144 Å². The molecule has 8 nitrogen and oxygen atoms in total. The van der Waals surface area contributed by atoms with E-state index < -0.39 is 12.0 Å². The fourth-order valence-corrected chi connectivity index (χ4v) is 2.25. The summed E-state index contributed by atoms with van der Waals surface area (Å²) in [7, 11) is 2.99. The van der Waals surface area contributed by atoms with Gasteiger partial charge < -0.3 is 30.8 Å². The number of hydrogen-bond acceptors (Lipinski definition) is 6. The molecule has 0 bridgehead atoms. The summed E-state index contributed by atoms with van der Waals surface area (Å²) in [6, 6.07) is 10.4. The van der Waals surface area contributed by atoms with Crippen molar-refractivity contribution < 1.29 is 24.6 Å². The largest absolute Gasteiger partial charge is 0.497 e. The number of carboxylic acid groups (broad SMARTS) is 1. The Morgan fingerprint density at radius 1 is 1.12 bits per heavy atom. The van der Waals surface area contributed by atoms with Crippen LogP contribution in [0.3, 0.4) is 0 Å². The molecule has 132 valence electrons. The van der Waals surface area contributed by atoms with Gasteiger partial charge in [-0.15, -0.1) is 0 Å². The minimum atomic E-state index is -1.06. The minimum absolute atomic E-state index is 0.0288. The first-order chi connectivity index (χ1) is 12.0. The first-order valence-electron chi connectivity index (χ1n) is 7.28. The van der Waals surface area contributed by atoms with E-state index in [1.54, 1.807) is 42.5 Å². The standard InChI is InChI=1S/C17H19N3O5/c1-24-13-7-11(8-14(9-13)25-2)15(17(21)22)19-12-5-3-10(4-6-12)16(18)20-23/h3-9,15,19,23H,1-2H3,(H2,18,20)(H,21,22). The van der Waals surface area contributed by atoms with Crippen LogP contribution in [0.4, 0.5) is 5.69 Å². The predicted octanol–water partition coefficient (Wildman–Crippen LogP) is 2.04. The summed E-state index contributed by atoms with van der Waals surface area (Å²) in [6.45, 7) is 0. The van der Waals surface area contributed by atoms with Gasteiger partial charge in [0.05, 0.1) is 14.2 Å². The molecule has 2 aromatic rings. The molecule has 1 atom stereocenters. The molecule has 0 aliphatic carbocycles. The summed E-state index contributed by atoms with van der Waals surface area (Å²) in [4.78, 5) is 11.7. The molecule has 2 aromatic carbocycles. The number of nitrogens with one attached hydrogen (secondary N) is 1. The molecule has 0 spiro atoms. The predicted molar refractivity (Wildman–Crippen MR) is 92.5 cm³/mol. The molecular formula is C17H19N3O5. The van der Waals surface area contributed by atoms with Gasteiger partial charge >= 0.3 is 5.97 Å². The van der Waals surface area contributed by atoms with Gasteiger partial charge in [0, 0.05) is 17.3 Å². The minimum Gasteiger partial charge on any atom is -0.497 e.